The molecule has 1 aliphatic rings. The number of aromatic amines is 1. The van der Waals surface area contributed by atoms with Crippen molar-refractivity contribution in [3.05, 3.63) is 64.8 Å². The molecule has 3 aromatic rings. The third-order valence-corrected chi connectivity index (χ3v) is 5.52. The summed E-state index contributed by atoms with van der Waals surface area (Å²) >= 11 is 0. The van der Waals surface area contributed by atoms with Crippen molar-refractivity contribution >= 4 is 28.4 Å². The maximum absolute atomic E-state index is 13.0. The van der Waals surface area contributed by atoms with E-state index in [1.165, 1.54) is 29.5 Å². The van der Waals surface area contributed by atoms with E-state index in [2.05, 4.69) is 16.4 Å². The fraction of sp³-hybridized carbons (Fsp3) is 0.304. The zero-order valence-corrected chi connectivity index (χ0v) is 16.3. The van der Waals surface area contributed by atoms with Gasteiger partial charge in [-0.2, -0.15) is 0 Å². The number of rotatable bonds is 4. The predicted octanol–water partition coefficient (Wildman–Crippen LogP) is 4.28. The minimum Gasteiger partial charge on any atom is -0.358 e. The zero-order chi connectivity index (χ0) is 19.7. The van der Waals surface area contributed by atoms with Crippen LogP contribution in [0.25, 0.3) is 10.9 Å². The Morgan fingerprint density at radius 3 is 2.71 bits per heavy atom. The molecule has 1 aliphatic carbocycles. The molecule has 0 saturated carbocycles. The molecular weight excluding hydrogens is 350 g/mol. The van der Waals surface area contributed by atoms with Gasteiger partial charge in [0.2, 0.25) is 5.91 Å². The molecule has 2 aromatic carbocycles. The first-order chi connectivity index (χ1) is 13.5. The molecule has 0 spiro atoms. The molecule has 0 bridgehead atoms. The van der Waals surface area contributed by atoms with Crippen LogP contribution in [0.15, 0.2) is 42.5 Å². The molecule has 1 heterocycles. The summed E-state index contributed by atoms with van der Waals surface area (Å²) in [7, 11) is 1.77. The second-order valence-corrected chi connectivity index (χ2v) is 7.55. The van der Waals surface area contributed by atoms with Gasteiger partial charge in [0.1, 0.15) is 0 Å². The van der Waals surface area contributed by atoms with Gasteiger partial charge < -0.3 is 15.2 Å². The summed E-state index contributed by atoms with van der Waals surface area (Å²) in [6.07, 6.45) is 4.53. The molecule has 1 aromatic heterocycles. The Morgan fingerprint density at radius 1 is 1.11 bits per heavy atom. The summed E-state index contributed by atoms with van der Waals surface area (Å²) in [5.41, 5.74) is 5.94. The lowest BCUT2D eigenvalue weighted by Gasteiger charge is -2.15. The van der Waals surface area contributed by atoms with E-state index < -0.39 is 0 Å². The number of para-hydroxylation sites is 1. The van der Waals surface area contributed by atoms with Crippen molar-refractivity contribution in [2.24, 2.45) is 0 Å². The Balaban J connectivity index is 1.59. The van der Waals surface area contributed by atoms with E-state index in [0.717, 1.165) is 29.6 Å². The normalized spacial score (nSPS) is 13.2. The predicted molar refractivity (Wildman–Crippen MR) is 111 cm³/mol. The van der Waals surface area contributed by atoms with E-state index in [0.29, 0.717) is 12.1 Å². The number of anilines is 1. The lowest BCUT2D eigenvalue weighted by Crippen LogP contribution is -2.23. The molecule has 0 radical (unpaired) electrons. The van der Waals surface area contributed by atoms with Crippen LogP contribution in [0.3, 0.4) is 0 Å². The van der Waals surface area contributed by atoms with Crippen LogP contribution in [-0.2, 0) is 24.2 Å². The number of amides is 2. The Labute approximate surface area is 164 Å². The molecule has 0 saturated heterocycles. The number of carbonyl (C=O) groups excluding carboxylic acids is 2. The fourth-order valence-corrected chi connectivity index (χ4v) is 3.95. The van der Waals surface area contributed by atoms with E-state index >= 15 is 0 Å². The maximum atomic E-state index is 13.0. The van der Waals surface area contributed by atoms with Crippen molar-refractivity contribution < 1.29 is 9.59 Å². The topological polar surface area (TPSA) is 65.2 Å². The largest absolute Gasteiger partial charge is 0.358 e. The quantitative estimate of drug-likeness (QED) is 0.715. The van der Waals surface area contributed by atoms with Crippen molar-refractivity contribution in [1.29, 1.82) is 0 Å². The molecule has 4 rings (SSSR count). The number of fused-ring (bicyclic) bond motifs is 3. The molecule has 2 N–H and O–H groups in total. The molecule has 144 valence electrons. The van der Waals surface area contributed by atoms with Gasteiger partial charge in [0.05, 0.1) is 11.1 Å². The molecule has 0 fully saturated rings. The highest BCUT2D eigenvalue weighted by Gasteiger charge is 2.19. The van der Waals surface area contributed by atoms with Crippen LogP contribution in [0.1, 0.15) is 46.9 Å². The lowest BCUT2D eigenvalue weighted by molar-refractivity contribution is -0.128. The van der Waals surface area contributed by atoms with Gasteiger partial charge in [0.25, 0.3) is 5.91 Å². The summed E-state index contributed by atoms with van der Waals surface area (Å²) in [6.45, 7) is 2.06. The number of aryl methyl sites for hydroxylation is 2. The van der Waals surface area contributed by atoms with Gasteiger partial charge in [-0.3, -0.25) is 9.59 Å². The van der Waals surface area contributed by atoms with E-state index in [1.807, 2.05) is 36.4 Å². The van der Waals surface area contributed by atoms with Gasteiger partial charge in [-0.15, -0.1) is 0 Å². The van der Waals surface area contributed by atoms with Gasteiger partial charge in [0.15, 0.2) is 0 Å². The number of hydrogen-bond acceptors (Lipinski definition) is 2. The van der Waals surface area contributed by atoms with Crippen LogP contribution in [-0.4, -0.2) is 28.7 Å². The number of aromatic nitrogens is 1. The van der Waals surface area contributed by atoms with Crippen LogP contribution < -0.4 is 5.32 Å². The SMILES string of the molecule is CC(=O)N(C)Cc1cccc(NC(=O)c2cccc3c4c([nH]c23)CCCC4)c1. The van der Waals surface area contributed by atoms with Gasteiger partial charge in [0, 0.05) is 37.3 Å². The second-order valence-electron chi connectivity index (χ2n) is 7.55. The number of nitrogens with one attached hydrogen (secondary N) is 2. The Bertz CT molecular complexity index is 1050. The first kappa shape index (κ1) is 18.3. The minimum absolute atomic E-state index is 0.0110. The highest BCUT2D eigenvalue weighted by Crippen LogP contribution is 2.31. The van der Waals surface area contributed by atoms with Crippen LogP contribution in [0.2, 0.25) is 0 Å². The van der Waals surface area contributed by atoms with Crippen molar-refractivity contribution in [1.82, 2.24) is 9.88 Å². The van der Waals surface area contributed by atoms with Gasteiger partial charge >= 0.3 is 0 Å². The van der Waals surface area contributed by atoms with Crippen LogP contribution in [0, 0.1) is 0 Å². The maximum Gasteiger partial charge on any atom is 0.257 e. The van der Waals surface area contributed by atoms with Gasteiger partial charge in [-0.25, -0.2) is 0 Å². The molecule has 28 heavy (non-hydrogen) atoms. The third-order valence-electron chi connectivity index (χ3n) is 5.52. The average Bonchev–Trinajstić information content (AvgIpc) is 3.07. The summed E-state index contributed by atoms with van der Waals surface area (Å²) in [6, 6.07) is 13.6. The molecule has 5 heteroatoms. The van der Waals surface area contributed by atoms with Crippen LogP contribution >= 0.6 is 0 Å². The Kier molecular flexibility index (Phi) is 4.90. The number of H-pyrrole nitrogens is 1. The van der Waals surface area contributed by atoms with E-state index in [-0.39, 0.29) is 11.8 Å². The number of nitrogens with zero attached hydrogens (tertiary/aromatic N) is 1. The molecular formula is C23H25N3O2. The van der Waals surface area contributed by atoms with Crippen molar-refractivity contribution in [2.75, 3.05) is 12.4 Å². The lowest BCUT2D eigenvalue weighted by atomic mass is 9.95. The molecule has 0 atom stereocenters. The zero-order valence-electron chi connectivity index (χ0n) is 16.3. The summed E-state index contributed by atoms with van der Waals surface area (Å²) in [5.74, 6) is -0.113. The highest BCUT2D eigenvalue weighted by molar-refractivity contribution is 6.12. The average molecular weight is 375 g/mol. The first-order valence-electron chi connectivity index (χ1n) is 9.77. The van der Waals surface area contributed by atoms with E-state index in [4.69, 9.17) is 0 Å². The third kappa shape index (κ3) is 3.52. The second kappa shape index (κ2) is 7.50. The standard InChI is InChI=1S/C23H25N3O2/c1-15(27)26(2)14-16-7-5-8-17(13-16)24-23(28)20-11-6-10-19-18-9-3-4-12-21(18)25-22(19)20/h5-8,10-11,13,25H,3-4,9,12,14H2,1-2H3,(H,24,28). The Hall–Kier alpha value is -3.08. The molecule has 5 nitrogen and oxygen atoms in total. The molecule has 0 aliphatic heterocycles. The monoisotopic (exact) mass is 375 g/mol. The summed E-state index contributed by atoms with van der Waals surface area (Å²) < 4.78 is 0. The minimum atomic E-state index is -0.124. The van der Waals surface area contributed by atoms with Gasteiger partial charge in [-0.1, -0.05) is 24.3 Å². The number of benzene rings is 2. The fourth-order valence-electron chi connectivity index (χ4n) is 3.95. The summed E-state index contributed by atoms with van der Waals surface area (Å²) in [4.78, 5) is 29.6. The first-order valence-corrected chi connectivity index (χ1v) is 9.77. The van der Waals surface area contributed by atoms with Crippen LogP contribution in [0.4, 0.5) is 5.69 Å². The highest BCUT2D eigenvalue weighted by atomic mass is 16.2. The smallest absolute Gasteiger partial charge is 0.257 e. The van der Waals surface area contributed by atoms with Crippen LogP contribution in [0.5, 0.6) is 0 Å². The van der Waals surface area contributed by atoms with Crippen molar-refractivity contribution in [2.45, 2.75) is 39.2 Å². The Morgan fingerprint density at radius 2 is 1.89 bits per heavy atom. The van der Waals surface area contributed by atoms with E-state index in [9.17, 15) is 9.59 Å². The summed E-state index contributed by atoms with van der Waals surface area (Å²) in [5, 5.41) is 4.18. The van der Waals surface area contributed by atoms with Crippen molar-refractivity contribution in [3.63, 3.8) is 0 Å². The number of hydrogen-bond donors (Lipinski definition) is 2. The van der Waals surface area contributed by atoms with Gasteiger partial charge in [-0.05, 0) is 55.0 Å². The molecule has 2 amide bonds. The van der Waals surface area contributed by atoms with E-state index in [1.54, 1.807) is 18.9 Å². The van der Waals surface area contributed by atoms with Crippen molar-refractivity contribution in [3.8, 4) is 0 Å². The molecule has 0 unspecified atom stereocenters. The number of carbonyl (C=O) groups is 2.